The van der Waals surface area contributed by atoms with Crippen molar-refractivity contribution in [3.05, 3.63) is 94.8 Å². The van der Waals surface area contributed by atoms with E-state index in [0.717, 1.165) is 73.4 Å². The Morgan fingerprint density at radius 1 is 0.838 bits per heavy atom. The number of rotatable bonds is 13. The van der Waals surface area contributed by atoms with Gasteiger partial charge in [0.25, 0.3) is 0 Å². The molecule has 1 amide bonds. The minimum atomic E-state index is 0.0965. The van der Waals surface area contributed by atoms with E-state index >= 15 is 0 Å². The lowest BCUT2D eigenvalue weighted by molar-refractivity contribution is -0.120. The van der Waals surface area contributed by atoms with Crippen LogP contribution in [0.15, 0.2) is 66.7 Å². The first-order valence-electron chi connectivity index (χ1n) is 13.5. The molecule has 0 spiro atoms. The molecule has 1 heterocycles. The molecule has 5 nitrogen and oxygen atoms in total. The highest BCUT2D eigenvalue weighted by molar-refractivity contribution is 5.78. The molecule has 0 fully saturated rings. The van der Waals surface area contributed by atoms with Gasteiger partial charge in [-0.2, -0.15) is 0 Å². The number of amides is 1. The van der Waals surface area contributed by atoms with Crippen molar-refractivity contribution < 1.29 is 9.53 Å². The molecule has 0 bridgehead atoms. The molecule has 1 aromatic heterocycles. The van der Waals surface area contributed by atoms with E-state index in [-0.39, 0.29) is 5.91 Å². The van der Waals surface area contributed by atoms with Gasteiger partial charge in [-0.05, 0) is 74.4 Å². The standard InChI is InChI=1S/C32H39N3O2/c1-24-13-6-7-16-27(24)23-31(36)33-20-10-4-5-19-30-34-28-17-8-9-18-29(28)35(30)21-12-22-37-32-25(2)14-11-15-26(32)3/h6-9,11,13-18H,4-5,10,12,19-23H2,1-3H3,(H,33,36). The van der Waals surface area contributed by atoms with Gasteiger partial charge in [-0.25, -0.2) is 4.98 Å². The molecular formula is C32H39N3O2. The van der Waals surface area contributed by atoms with Crippen molar-refractivity contribution in [3.63, 3.8) is 0 Å². The first-order valence-corrected chi connectivity index (χ1v) is 13.5. The maximum atomic E-state index is 12.3. The number of unbranched alkanes of at least 4 members (excludes halogenated alkanes) is 2. The zero-order valence-electron chi connectivity index (χ0n) is 22.4. The van der Waals surface area contributed by atoms with Crippen LogP contribution in [0.3, 0.4) is 0 Å². The van der Waals surface area contributed by atoms with Crippen LogP contribution in [0.4, 0.5) is 0 Å². The normalized spacial score (nSPS) is 11.1. The second-order valence-corrected chi connectivity index (χ2v) is 9.86. The van der Waals surface area contributed by atoms with Crippen molar-refractivity contribution in [1.29, 1.82) is 0 Å². The second kappa shape index (κ2) is 13.1. The predicted octanol–water partition coefficient (Wildman–Crippen LogP) is 6.50. The monoisotopic (exact) mass is 497 g/mol. The zero-order chi connectivity index (χ0) is 26.0. The van der Waals surface area contributed by atoms with Gasteiger partial charge in [-0.1, -0.05) is 61.0 Å². The number of hydrogen-bond acceptors (Lipinski definition) is 3. The van der Waals surface area contributed by atoms with E-state index in [1.54, 1.807) is 0 Å². The molecule has 0 aliphatic heterocycles. The summed E-state index contributed by atoms with van der Waals surface area (Å²) >= 11 is 0. The smallest absolute Gasteiger partial charge is 0.224 e. The molecule has 1 N–H and O–H groups in total. The number of aryl methyl sites for hydroxylation is 5. The fourth-order valence-electron chi connectivity index (χ4n) is 4.85. The fraction of sp³-hybridized carbons (Fsp3) is 0.375. The average Bonchev–Trinajstić information content (AvgIpc) is 3.24. The third kappa shape index (κ3) is 7.22. The van der Waals surface area contributed by atoms with Gasteiger partial charge < -0.3 is 14.6 Å². The van der Waals surface area contributed by atoms with Crippen LogP contribution >= 0.6 is 0 Å². The maximum Gasteiger partial charge on any atom is 0.224 e. The molecule has 3 aromatic carbocycles. The molecule has 194 valence electrons. The van der Waals surface area contributed by atoms with Crippen molar-refractivity contribution in [3.8, 4) is 5.75 Å². The van der Waals surface area contributed by atoms with Crippen molar-refractivity contribution >= 4 is 16.9 Å². The highest BCUT2D eigenvalue weighted by Crippen LogP contribution is 2.23. The van der Waals surface area contributed by atoms with E-state index in [1.807, 2.05) is 37.3 Å². The van der Waals surface area contributed by atoms with Crippen LogP contribution in [0, 0.1) is 20.8 Å². The molecule has 5 heteroatoms. The van der Waals surface area contributed by atoms with Crippen LogP contribution in [0.2, 0.25) is 0 Å². The summed E-state index contributed by atoms with van der Waals surface area (Å²) in [6.45, 7) is 8.53. The first kappa shape index (κ1) is 26.5. The number of imidazole rings is 1. The fourth-order valence-corrected chi connectivity index (χ4v) is 4.85. The number of fused-ring (bicyclic) bond motifs is 1. The molecule has 0 saturated heterocycles. The number of ether oxygens (including phenoxy) is 1. The molecule has 4 rings (SSSR count). The third-order valence-corrected chi connectivity index (χ3v) is 6.93. The third-order valence-electron chi connectivity index (χ3n) is 6.93. The van der Waals surface area contributed by atoms with Gasteiger partial charge >= 0.3 is 0 Å². The van der Waals surface area contributed by atoms with Crippen molar-refractivity contribution in [2.24, 2.45) is 0 Å². The Hall–Kier alpha value is -3.60. The van der Waals surface area contributed by atoms with E-state index in [1.165, 1.54) is 16.6 Å². The second-order valence-electron chi connectivity index (χ2n) is 9.86. The van der Waals surface area contributed by atoms with E-state index in [4.69, 9.17) is 9.72 Å². The summed E-state index contributed by atoms with van der Waals surface area (Å²) in [5, 5.41) is 3.07. The number of nitrogens with one attached hydrogen (secondary N) is 1. The van der Waals surface area contributed by atoms with Crippen LogP contribution < -0.4 is 10.1 Å². The van der Waals surface area contributed by atoms with Crippen molar-refractivity contribution in [2.45, 2.75) is 65.8 Å². The van der Waals surface area contributed by atoms with Crippen LogP contribution in [0.1, 0.15) is 53.8 Å². The molecule has 0 atom stereocenters. The summed E-state index contributed by atoms with van der Waals surface area (Å²) in [6, 6.07) is 22.7. The van der Waals surface area contributed by atoms with Crippen molar-refractivity contribution in [2.75, 3.05) is 13.2 Å². The number of para-hydroxylation sites is 3. The Bertz CT molecular complexity index is 1300. The van der Waals surface area contributed by atoms with Gasteiger partial charge in [0.15, 0.2) is 0 Å². The number of nitrogens with zero attached hydrogens (tertiary/aromatic N) is 2. The Morgan fingerprint density at radius 2 is 1.57 bits per heavy atom. The predicted molar refractivity (Wildman–Crippen MR) is 151 cm³/mol. The summed E-state index contributed by atoms with van der Waals surface area (Å²) in [4.78, 5) is 17.2. The Labute approximate surface area is 220 Å². The van der Waals surface area contributed by atoms with Gasteiger partial charge in [0.05, 0.1) is 24.1 Å². The Morgan fingerprint density at radius 3 is 2.38 bits per heavy atom. The minimum absolute atomic E-state index is 0.0965. The summed E-state index contributed by atoms with van der Waals surface area (Å²) < 4.78 is 8.49. The first-order chi connectivity index (χ1) is 18.0. The molecule has 4 aromatic rings. The van der Waals surface area contributed by atoms with E-state index in [9.17, 15) is 4.79 Å². The highest BCUT2D eigenvalue weighted by Gasteiger charge is 2.11. The van der Waals surface area contributed by atoms with Crippen LogP contribution in [-0.4, -0.2) is 28.6 Å². The minimum Gasteiger partial charge on any atom is -0.493 e. The van der Waals surface area contributed by atoms with Crippen LogP contribution in [0.25, 0.3) is 11.0 Å². The highest BCUT2D eigenvalue weighted by atomic mass is 16.5. The average molecular weight is 498 g/mol. The molecule has 37 heavy (non-hydrogen) atoms. The van der Waals surface area contributed by atoms with Gasteiger partial charge in [0.2, 0.25) is 5.91 Å². The van der Waals surface area contributed by atoms with E-state index in [0.29, 0.717) is 13.0 Å². The van der Waals surface area contributed by atoms with Gasteiger partial charge in [-0.15, -0.1) is 0 Å². The Kier molecular flexibility index (Phi) is 9.36. The lowest BCUT2D eigenvalue weighted by Gasteiger charge is -2.13. The molecule has 0 saturated carbocycles. The molecule has 0 aliphatic carbocycles. The van der Waals surface area contributed by atoms with Crippen molar-refractivity contribution in [1.82, 2.24) is 14.9 Å². The summed E-state index contributed by atoms with van der Waals surface area (Å²) in [5.74, 6) is 2.24. The summed E-state index contributed by atoms with van der Waals surface area (Å²) in [5.41, 5.74) is 6.86. The van der Waals surface area contributed by atoms with E-state index < -0.39 is 0 Å². The SMILES string of the molecule is Cc1ccccc1CC(=O)NCCCCCc1nc2ccccc2n1CCCOc1c(C)cccc1C. The lowest BCUT2D eigenvalue weighted by atomic mass is 10.1. The summed E-state index contributed by atoms with van der Waals surface area (Å²) in [7, 11) is 0. The van der Waals surface area contributed by atoms with E-state index in [2.05, 4.69) is 60.1 Å². The molecular weight excluding hydrogens is 458 g/mol. The van der Waals surface area contributed by atoms with Crippen LogP contribution in [0.5, 0.6) is 5.75 Å². The largest absolute Gasteiger partial charge is 0.493 e. The van der Waals surface area contributed by atoms with Crippen LogP contribution in [-0.2, 0) is 24.2 Å². The zero-order valence-corrected chi connectivity index (χ0v) is 22.4. The Balaban J connectivity index is 1.23. The quantitative estimate of drug-likeness (QED) is 0.214. The maximum absolute atomic E-state index is 12.3. The number of hydrogen-bond donors (Lipinski definition) is 1. The molecule has 0 radical (unpaired) electrons. The van der Waals surface area contributed by atoms with Gasteiger partial charge in [-0.3, -0.25) is 4.79 Å². The van der Waals surface area contributed by atoms with Gasteiger partial charge in [0, 0.05) is 19.5 Å². The topological polar surface area (TPSA) is 56.2 Å². The lowest BCUT2D eigenvalue weighted by Crippen LogP contribution is -2.26. The summed E-state index contributed by atoms with van der Waals surface area (Å²) in [6.07, 6.45) is 5.39. The molecule has 0 aliphatic rings. The number of carbonyl (C=O) groups is 1. The molecule has 0 unspecified atom stereocenters. The number of aromatic nitrogens is 2. The van der Waals surface area contributed by atoms with Gasteiger partial charge in [0.1, 0.15) is 11.6 Å². The number of benzene rings is 3. The number of carbonyl (C=O) groups excluding carboxylic acids is 1.